The van der Waals surface area contributed by atoms with Crippen molar-refractivity contribution in [2.75, 3.05) is 7.11 Å². The number of halogens is 2. The monoisotopic (exact) mass is 429 g/mol. The van der Waals surface area contributed by atoms with Gasteiger partial charge in [-0.2, -0.15) is 13.9 Å². The van der Waals surface area contributed by atoms with Crippen molar-refractivity contribution in [1.29, 1.82) is 0 Å². The zero-order valence-corrected chi connectivity index (χ0v) is 17.9. The van der Waals surface area contributed by atoms with Gasteiger partial charge in [-0.05, 0) is 42.7 Å². The number of nitrogens with zero attached hydrogens (tertiary/aromatic N) is 2. The number of benzene rings is 2. The molecule has 0 unspecified atom stereocenters. The van der Waals surface area contributed by atoms with Crippen LogP contribution in [-0.4, -0.2) is 29.4 Å². The summed E-state index contributed by atoms with van der Waals surface area (Å²) in [5.41, 5.74) is 4.00. The molecule has 0 saturated carbocycles. The molecule has 2 aromatic carbocycles. The van der Waals surface area contributed by atoms with E-state index < -0.39 is 6.61 Å². The normalized spacial score (nSPS) is 11.1. The van der Waals surface area contributed by atoms with E-state index in [1.54, 1.807) is 23.0 Å². The third-order valence-electron chi connectivity index (χ3n) is 4.77. The van der Waals surface area contributed by atoms with Crippen molar-refractivity contribution in [2.24, 2.45) is 0 Å². The topological polar surface area (TPSA) is 65.4 Å². The van der Waals surface area contributed by atoms with Crippen LogP contribution >= 0.6 is 0 Å². The van der Waals surface area contributed by atoms with E-state index in [0.717, 1.165) is 16.9 Å². The zero-order chi connectivity index (χ0) is 22.5. The van der Waals surface area contributed by atoms with Crippen molar-refractivity contribution in [3.8, 4) is 17.2 Å². The fraction of sp³-hybridized carbons (Fsp3) is 0.304. The van der Waals surface area contributed by atoms with Crippen LogP contribution in [0.5, 0.6) is 11.5 Å². The van der Waals surface area contributed by atoms with Crippen LogP contribution in [0.25, 0.3) is 5.69 Å². The number of hydrogen-bond donors (Lipinski definition) is 1. The first-order valence-electron chi connectivity index (χ1n) is 9.85. The lowest BCUT2D eigenvalue weighted by atomic mass is 10.0. The molecule has 0 aliphatic carbocycles. The number of amides is 1. The summed E-state index contributed by atoms with van der Waals surface area (Å²) in [6.07, 6.45) is 1.56. The fourth-order valence-electron chi connectivity index (χ4n) is 3.27. The molecule has 1 aromatic heterocycles. The Bertz CT molecular complexity index is 1050. The number of nitrogens with one attached hydrogen (secondary N) is 1. The smallest absolute Gasteiger partial charge is 0.387 e. The Morgan fingerprint density at radius 2 is 1.84 bits per heavy atom. The highest BCUT2D eigenvalue weighted by atomic mass is 19.3. The zero-order valence-electron chi connectivity index (χ0n) is 17.9. The Labute approximate surface area is 179 Å². The Hall–Kier alpha value is -3.42. The molecule has 3 rings (SSSR count). The van der Waals surface area contributed by atoms with Gasteiger partial charge in [0.1, 0.15) is 0 Å². The maximum Gasteiger partial charge on any atom is 0.387 e. The number of aryl methyl sites for hydroxylation is 1. The summed E-state index contributed by atoms with van der Waals surface area (Å²) in [6, 6.07) is 12.5. The van der Waals surface area contributed by atoms with E-state index in [-0.39, 0.29) is 29.9 Å². The summed E-state index contributed by atoms with van der Waals surface area (Å²) in [6.45, 7) is 3.27. The number of carbonyl (C=O) groups is 1. The molecule has 31 heavy (non-hydrogen) atoms. The van der Waals surface area contributed by atoms with Gasteiger partial charge < -0.3 is 14.8 Å². The lowest BCUT2D eigenvalue weighted by molar-refractivity contribution is -0.0512. The Morgan fingerprint density at radius 1 is 1.13 bits per heavy atom. The highest BCUT2D eigenvalue weighted by Crippen LogP contribution is 2.29. The number of alkyl halides is 2. The molecule has 0 aliphatic rings. The SMILES string of the molecule is COc1cc(CNC(=O)c2cnn(-c3ccc(C)cc3)c2C(C)C)ccc1OC(F)F. The number of carbonyl (C=O) groups excluding carboxylic acids is 1. The molecule has 0 radical (unpaired) electrons. The van der Waals surface area contributed by atoms with Crippen LogP contribution in [-0.2, 0) is 6.54 Å². The second-order valence-electron chi connectivity index (χ2n) is 7.39. The van der Waals surface area contributed by atoms with Crippen LogP contribution in [0.2, 0.25) is 0 Å². The summed E-state index contributed by atoms with van der Waals surface area (Å²) in [5.74, 6) is -0.0967. The summed E-state index contributed by atoms with van der Waals surface area (Å²) < 4.78 is 36.3. The van der Waals surface area contributed by atoms with Crippen LogP contribution in [0.1, 0.15) is 46.9 Å². The first-order valence-corrected chi connectivity index (χ1v) is 9.85. The molecule has 1 amide bonds. The first kappa shape index (κ1) is 22.3. The molecule has 0 bridgehead atoms. The largest absolute Gasteiger partial charge is 0.493 e. The van der Waals surface area contributed by atoms with Crippen molar-refractivity contribution in [2.45, 2.75) is 39.8 Å². The Morgan fingerprint density at radius 3 is 2.45 bits per heavy atom. The second kappa shape index (κ2) is 9.59. The molecule has 6 nitrogen and oxygen atoms in total. The maximum absolute atomic E-state index is 12.9. The minimum absolute atomic E-state index is 0.0611. The number of aromatic nitrogens is 2. The maximum atomic E-state index is 12.9. The second-order valence-corrected chi connectivity index (χ2v) is 7.39. The van der Waals surface area contributed by atoms with Gasteiger partial charge in [0.15, 0.2) is 11.5 Å². The van der Waals surface area contributed by atoms with Gasteiger partial charge in [0.25, 0.3) is 5.91 Å². The quantitative estimate of drug-likeness (QED) is 0.556. The number of rotatable bonds is 8. The highest BCUT2D eigenvalue weighted by Gasteiger charge is 2.21. The van der Waals surface area contributed by atoms with Crippen LogP contribution in [0.15, 0.2) is 48.7 Å². The van der Waals surface area contributed by atoms with Gasteiger partial charge in [-0.25, -0.2) is 4.68 Å². The van der Waals surface area contributed by atoms with Crippen molar-refractivity contribution in [3.63, 3.8) is 0 Å². The van der Waals surface area contributed by atoms with Gasteiger partial charge in [-0.15, -0.1) is 0 Å². The summed E-state index contributed by atoms with van der Waals surface area (Å²) in [5, 5.41) is 7.29. The van der Waals surface area contributed by atoms with E-state index in [1.165, 1.54) is 13.2 Å². The van der Waals surface area contributed by atoms with Crippen molar-refractivity contribution >= 4 is 5.91 Å². The molecule has 0 aliphatic heterocycles. The predicted molar refractivity (Wildman–Crippen MR) is 113 cm³/mol. The number of methoxy groups -OCH3 is 1. The average molecular weight is 429 g/mol. The van der Waals surface area contributed by atoms with E-state index in [9.17, 15) is 13.6 Å². The molecule has 0 saturated heterocycles. The molecular weight excluding hydrogens is 404 g/mol. The number of hydrogen-bond acceptors (Lipinski definition) is 4. The fourth-order valence-corrected chi connectivity index (χ4v) is 3.27. The first-order chi connectivity index (χ1) is 14.8. The van der Waals surface area contributed by atoms with Gasteiger partial charge >= 0.3 is 6.61 Å². The average Bonchev–Trinajstić information content (AvgIpc) is 3.18. The Kier molecular flexibility index (Phi) is 6.89. The molecule has 164 valence electrons. The minimum Gasteiger partial charge on any atom is -0.493 e. The molecule has 0 fully saturated rings. The molecule has 0 spiro atoms. The van der Waals surface area contributed by atoms with Crippen LogP contribution in [0.3, 0.4) is 0 Å². The molecule has 3 aromatic rings. The van der Waals surface area contributed by atoms with Gasteiger partial charge in [0.2, 0.25) is 0 Å². The summed E-state index contributed by atoms with van der Waals surface area (Å²) in [7, 11) is 1.37. The van der Waals surface area contributed by atoms with Crippen LogP contribution < -0.4 is 14.8 Å². The van der Waals surface area contributed by atoms with E-state index in [0.29, 0.717) is 11.1 Å². The standard InChI is InChI=1S/C23H25F2N3O3/c1-14(2)21-18(13-27-28(21)17-8-5-15(3)6-9-17)22(29)26-12-16-7-10-19(31-23(24)25)20(11-16)30-4/h5-11,13-14,23H,12H2,1-4H3,(H,26,29). The van der Waals surface area contributed by atoms with Gasteiger partial charge in [0, 0.05) is 6.54 Å². The summed E-state index contributed by atoms with van der Waals surface area (Å²) >= 11 is 0. The van der Waals surface area contributed by atoms with Gasteiger partial charge in [-0.1, -0.05) is 37.6 Å². The van der Waals surface area contributed by atoms with E-state index in [2.05, 4.69) is 15.2 Å². The van der Waals surface area contributed by atoms with Gasteiger partial charge in [0.05, 0.1) is 30.3 Å². The van der Waals surface area contributed by atoms with Crippen LogP contribution in [0, 0.1) is 6.92 Å². The van der Waals surface area contributed by atoms with E-state index in [4.69, 9.17) is 4.74 Å². The minimum atomic E-state index is -2.95. The molecule has 1 N–H and O–H groups in total. The number of ether oxygens (including phenoxy) is 2. The van der Waals surface area contributed by atoms with E-state index in [1.807, 2.05) is 45.0 Å². The third-order valence-corrected chi connectivity index (χ3v) is 4.77. The van der Waals surface area contributed by atoms with E-state index >= 15 is 0 Å². The van der Waals surface area contributed by atoms with Crippen molar-refractivity contribution in [3.05, 3.63) is 71.0 Å². The van der Waals surface area contributed by atoms with Crippen LogP contribution in [0.4, 0.5) is 8.78 Å². The van der Waals surface area contributed by atoms with Gasteiger partial charge in [-0.3, -0.25) is 4.79 Å². The highest BCUT2D eigenvalue weighted by molar-refractivity contribution is 5.95. The molecular formula is C23H25F2N3O3. The predicted octanol–water partition coefficient (Wildman–Crippen LogP) is 4.84. The third kappa shape index (κ3) is 5.20. The summed E-state index contributed by atoms with van der Waals surface area (Å²) in [4.78, 5) is 12.9. The molecule has 1 heterocycles. The Balaban J connectivity index is 1.79. The lowest BCUT2D eigenvalue weighted by Gasteiger charge is -2.14. The lowest BCUT2D eigenvalue weighted by Crippen LogP contribution is -2.24. The molecule has 8 heteroatoms. The van der Waals surface area contributed by atoms with Crippen molar-refractivity contribution < 1.29 is 23.0 Å². The van der Waals surface area contributed by atoms with Crippen molar-refractivity contribution in [1.82, 2.24) is 15.1 Å². The molecule has 0 atom stereocenters.